The van der Waals surface area contributed by atoms with Crippen molar-refractivity contribution < 1.29 is 4.79 Å². The molecule has 0 spiro atoms. The number of hydrogen-bond donors (Lipinski definition) is 0. The van der Waals surface area contributed by atoms with Crippen molar-refractivity contribution in [2.45, 2.75) is 51.2 Å². The lowest BCUT2D eigenvalue weighted by Crippen LogP contribution is -2.48. The Morgan fingerprint density at radius 1 is 1.25 bits per heavy atom. The first kappa shape index (κ1) is 17.4. The lowest BCUT2D eigenvalue weighted by atomic mass is 10.1. The van der Waals surface area contributed by atoms with Gasteiger partial charge < -0.3 is 9.80 Å². The molecular weight excluding hydrogens is 300 g/mol. The molecule has 2 heterocycles. The van der Waals surface area contributed by atoms with Crippen LogP contribution in [-0.2, 0) is 11.3 Å². The first-order valence-corrected chi connectivity index (χ1v) is 9.24. The summed E-state index contributed by atoms with van der Waals surface area (Å²) in [4.78, 5) is 23.8. The highest BCUT2D eigenvalue weighted by Crippen LogP contribution is 2.29. The van der Waals surface area contributed by atoms with Gasteiger partial charge in [-0.2, -0.15) is 0 Å². The van der Waals surface area contributed by atoms with Crippen LogP contribution in [0.1, 0.15) is 38.2 Å². The van der Waals surface area contributed by atoms with Crippen molar-refractivity contribution in [1.82, 2.24) is 19.7 Å². The van der Waals surface area contributed by atoms with Crippen LogP contribution in [0.25, 0.3) is 0 Å². The van der Waals surface area contributed by atoms with E-state index in [2.05, 4.69) is 33.7 Å². The summed E-state index contributed by atoms with van der Waals surface area (Å²) in [5.41, 5.74) is 1.18. The summed E-state index contributed by atoms with van der Waals surface area (Å²) < 4.78 is 0. The van der Waals surface area contributed by atoms with Gasteiger partial charge in [0, 0.05) is 63.6 Å². The Morgan fingerprint density at radius 3 is 2.54 bits per heavy atom. The molecule has 0 radical (unpaired) electrons. The highest BCUT2D eigenvalue weighted by Gasteiger charge is 2.32. The van der Waals surface area contributed by atoms with Gasteiger partial charge in [0.15, 0.2) is 0 Å². The van der Waals surface area contributed by atoms with Gasteiger partial charge in [0.05, 0.1) is 0 Å². The molecule has 1 amide bonds. The predicted octanol–water partition coefficient (Wildman–Crippen LogP) is 1.99. The monoisotopic (exact) mass is 330 g/mol. The highest BCUT2D eigenvalue weighted by molar-refractivity contribution is 5.77. The maximum Gasteiger partial charge on any atom is 0.223 e. The van der Waals surface area contributed by atoms with Crippen molar-refractivity contribution in [3.8, 4) is 0 Å². The van der Waals surface area contributed by atoms with Crippen molar-refractivity contribution in [2.75, 3.05) is 33.2 Å². The van der Waals surface area contributed by atoms with Crippen LogP contribution < -0.4 is 0 Å². The summed E-state index contributed by atoms with van der Waals surface area (Å²) in [6.45, 7) is 7.51. The number of carbonyl (C=O) groups is 1. The van der Waals surface area contributed by atoms with Crippen molar-refractivity contribution >= 4 is 5.91 Å². The lowest BCUT2D eigenvalue weighted by molar-refractivity contribution is -0.132. The van der Waals surface area contributed by atoms with Crippen molar-refractivity contribution in [3.05, 3.63) is 30.1 Å². The molecule has 0 N–H and O–H groups in total. The second kappa shape index (κ2) is 8.08. The fourth-order valence-electron chi connectivity index (χ4n) is 3.41. The number of pyridine rings is 1. The smallest absolute Gasteiger partial charge is 0.223 e. The largest absolute Gasteiger partial charge is 0.335 e. The molecule has 0 aromatic carbocycles. The SMILES string of the molecule is C[C@H](CCC(=O)N(Cc1ccncc1)C1CC1)N1CCN(C)CC1. The Bertz CT molecular complexity index is 523. The highest BCUT2D eigenvalue weighted by atomic mass is 16.2. The van der Waals surface area contributed by atoms with E-state index in [1.54, 1.807) is 12.4 Å². The van der Waals surface area contributed by atoms with Gasteiger partial charge in [-0.3, -0.25) is 14.7 Å². The Morgan fingerprint density at radius 2 is 1.92 bits per heavy atom. The van der Waals surface area contributed by atoms with Crippen LogP contribution in [-0.4, -0.2) is 70.9 Å². The first-order chi connectivity index (χ1) is 11.6. The van der Waals surface area contributed by atoms with Crippen LogP contribution in [0, 0.1) is 0 Å². The van der Waals surface area contributed by atoms with E-state index in [0.717, 1.165) is 52.0 Å². The normalized spacial score (nSPS) is 20.8. The Hall–Kier alpha value is -1.46. The number of piperazine rings is 1. The molecule has 1 saturated heterocycles. The molecule has 1 saturated carbocycles. The Kier molecular flexibility index (Phi) is 5.85. The zero-order valence-corrected chi connectivity index (χ0v) is 15.0. The second-order valence-electron chi connectivity index (χ2n) is 7.34. The van der Waals surface area contributed by atoms with Crippen LogP contribution in [0.3, 0.4) is 0 Å². The third kappa shape index (κ3) is 4.77. The number of carbonyl (C=O) groups excluding carboxylic acids is 1. The minimum Gasteiger partial charge on any atom is -0.335 e. The van der Waals surface area contributed by atoms with E-state index >= 15 is 0 Å². The van der Waals surface area contributed by atoms with Crippen molar-refractivity contribution in [3.63, 3.8) is 0 Å². The molecule has 1 aliphatic carbocycles. The molecule has 5 nitrogen and oxygen atoms in total. The van der Waals surface area contributed by atoms with Gasteiger partial charge in [-0.25, -0.2) is 0 Å². The van der Waals surface area contributed by atoms with Gasteiger partial charge >= 0.3 is 0 Å². The van der Waals surface area contributed by atoms with E-state index in [1.807, 2.05) is 12.1 Å². The number of rotatable bonds is 7. The molecule has 2 fully saturated rings. The average molecular weight is 330 g/mol. The standard InChI is InChI=1S/C19H30N4O/c1-16(22-13-11-21(2)12-14-22)3-6-19(24)23(18-4-5-18)15-17-7-9-20-10-8-17/h7-10,16,18H,3-6,11-15H2,1-2H3/t16-/m1/s1. The fraction of sp³-hybridized carbons (Fsp3) is 0.684. The molecule has 1 aromatic rings. The minimum absolute atomic E-state index is 0.315. The number of nitrogens with zero attached hydrogens (tertiary/aromatic N) is 4. The van der Waals surface area contributed by atoms with Crippen LogP contribution in [0.15, 0.2) is 24.5 Å². The van der Waals surface area contributed by atoms with Crippen LogP contribution >= 0.6 is 0 Å². The third-order valence-electron chi connectivity index (χ3n) is 5.35. The van der Waals surface area contributed by atoms with E-state index in [9.17, 15) is 4.79 Å². The maximum absolute atomic E-state index is 12.8. The van der Waals surface area contributed by atoms with Gasteiger partial charge in [0.25, 0.3) is 0 Å². The molecule has 1 atom stereocenters. The van der Waals surface area contributed by atoms with E-state index in [1.165, 1.54) is 5.56 Å². The van der Waals surface area contributed by atoms with E-state index in [0.29, 0.717) is 24.4 Å². The first-order valence-electron chi connectivity index (χ1n) is 9.24. The van der Waals surface area contributed by atoms with Crippen LogP contribution in [0.4, 0.5) is 0 Å². The van der Waals surface area contributed by atoms with Gasteiger partial charge in [0.2, 0.25) is 5.91 Å². The molecule has 3 rings (SSSR count). The number of hydrogen-bond acceptors (Lipinski definition) is 4. The summed E-state index contributed by atoms with van der Waals surface area (Å²) in [5.74, 6) is 0.315. The van der Waals surface area contributed by atoms with Gasteiger partial charge in [-0.15, -0.1) is 0 Å². The van der Waals surface area contributed by atoms with E-state index < -0.39 is 0 Å². The summed E-state index contributed by atoms with van der Waals surface area (Å²) >= 11 is 0. The topological polar surface area (TPSA) is 39.7 Å². The van der Waals surface area contributed by atoms with Crippen molar-refractivity contribution in [2.24, 2.45) is 0 Å². The Balaban J connectivity index is 1.49. The summed E-state index contributed by atoms with van der Waals surface area (Å²) in [6, 6.07) is 4.97. The van der Waals surface area contributed by atoms with E-state index in [-0.39, 0.29) is 0 Å². The molecule has 0 bridgehead atoms. The van der Waals surface area contributed by atoms with E-state index in [4.69, 9.17) is 0 Å². The molecule has 5 heteroatoms. The average Bonchev–Trinajstić information content (AvgIpc) is 3.44. The number of amides is 1. The quantitative estimate of drug-likeness (QED) is 0.766. The molecule has 2 aliphatic rings. The summed E-state index contributed by atoms with van der Waals surface area (Å²) in [5, 5.41) is 0. The molecular formula is C19H30N4O. The number of aromatic nitrogens is 1. The minimum atomic E-state index is 0.315. The van der Waals surface area contributed by atoms with Crippen LogP contribution in [0.5, 0.6) is 0 Å². The summed E-state index contributed by atoms with van der Waals surface area (Å²) in [7, 11) is 2.18. The zero-order chi connectivity index (χ0) is 16.9. The molecule has 132 valence electrons. The second-order valence-corrected chi connectivity index (χ2v) is 7.34. The zero-order valence-electron chi connectivity index (χ0n) is 15.0. The van der Waals surface area contributed by atoms with Gasteiger partial charge in [-0.1, -0.05) is 0 Å². The third-order valence-corrected chi connectivity index (χ3v) is 5.35. The van der Waals surface area contributed by atoms with Gasteiger partial charge in [-0.05, 0) is 50.9 Å². The van der Waals surface area contributed by atoms with Crippen molar-refractivity contribution in [1.29, 1.82) is 0 Å². The predicted molar refractivity (Wildman–Crippen MR) is 95.6 cm³/mol. The Labute approximate surface area is 145 Å². The number of likely N-dealkylation sites (N-methyl/N-ethyl adjacent to an activating group) is 1. The molecule has 1 aromatic heterocycles. The fourth-order valence-corrected chi connectivity index (χ4v) is 3.41. The maximum atomic E-state index is 12.8. The van der Waals surface area contributed by atoms with Gasteiger partial charge in [0.1, 0.15) is 0 Å². The van der Waals surface area contributed by atoms with Crippen LogP contribution in [0.2, 0.25) is 0 Å². The molecule has 1 aliphatic heterocycles. The lowest BCUT2D eigenvalue weighted by Gasteiger charge is -2.36. The molecule has 24 heavy (non-hydrogen) atoms. The summed E-state index contributed by atoms with van der Waals surface area (Å²) in [6.07, 6.45) is 7.55. The molecule has 0 unspecified atom stereocenters.